The summed E-state index contributed by atoms with van der Waals surface area (Å²) in [4.78, 5) is 4.55. The maximum atomic E-state index is 5.44. The third-order valence-corrected chi connectivity index (χ3v) is 11.2. The van der Waals surface area contributed by atoms with E-state index in [2.05, 4.69) is 175 Å². The maximum Gasteiger partial charge on any atom is 0.528 e. The Kier molecular flexibility index (Phi) is 14.5. The summed E-state index contributed by atoms with van der Waals surface area (Å²) in [7, 11) is -2.51. The molecule has 6 rings (SSSR count). The van der Waals surface area contributed by atoms with Gasteiger partial charge in [0.2, 0.25) is 0 Å². The van der Waals surface area contributed by atoms with E-state index in [1.165, 1.54) is 11.1 Å². The van der Waals surface area contributed by atoms with Crippen molar-refractivity contribution >= 4 is 55.1 Å². The van der Waals surface area contributed by atoms with Gasteiger partial charge in [0, 0.05) is 53.9 Å². The highest BCUT2D eigenvalue weighted by atomic mass is 28.4. The van der Waals surface area contributed by atoms with Gasteiger partial charge >= 0.3 is 8.80 Å². The molecule has 0 atom stereocenters. The minimum absolute atomic E-state index is 0.595. The molecule has 6 aromatic rings. The van der Waals surface area contributed by atoms with Gasteiger partial charge in [-0.25, -0.2) is 0 Å². The van der Waals surface area contributed by atoms with Crippen molar-refractivity contribution in [3.05, 3.63) is 194 Å². The molecule has 0 radical (unpaired) electrons. The Morgan fingerprint density at radius 1 is 0.407 bits per heavy atom. The molecule has 0 aromatic heterocycles. The average Bonchev–Trinajstić information content (AvgIpc) is 3.23. The quantitative estimate of drug-likeness (QED) is 0.0926. The van der Waals surface area contributed by atoms with Gasteiger partial charge in [-0.05, 0) is 122 Å². The van der Waals surface area contributed by atoms with E-state index >= 15 is 0 Å². The van der Waals surface area contributed by atoms with Gasteiger partial charge in [-0.15, -0.1) is 0 Å². The first-order valence-corrected chi connectivity index (χ1v) is 20.2. The minimum Gasteiger partial charge on any atom is -0.371 e. The summed E-state index contributed by atoms with van der Waals surface area (Å²) in [5.74, 6) is 0. The molecule has 0 N–H and O–H groups in total. The lowest BCUT2D eigenvalue weighted by atomic mass is 10.0. The molecular formula is C48H50N2O3Si. The monoisotopic (exact) mass is 730 g/mol. The highest BCUT2D eigenvalue weighted by Gasteiger charge is 2.36. The summed E-state index contributed by atoms with van der Waals surface area (Å²) in [6.07, 6.45) is 3.74. The molecule has 0 fully saturated rings. The SMILES string of the molecule is C=C[Si](OCC)(OCC)OCC.C=Cc1ccc(N(c2ccccc2)c2ccc(-c3ccc(N(c4ccccc4)c4ccc(C=C)cc4)cc3)cc2)cc1. The second-order valence-electron chi connectivity index (χ2n) is 12.1. The summed E-state index contributed by atoms with van der Waals surface area (Å²) < 4.78 is 16.3. The van der Waals surface area contributed by atoms with Crippen LogP contribution in [0.1, 0.15) is 31.9 Å². The van der Waals surface area contributed by atoms with Crippen LogP contribution in [-0.4, -0.2) is 28.6 Å². The molecule has 0 heterocycles. The van der Waals surface area contributed by atoms with E-state index in [0.717, 1.165) is 45.3 Å². The van der Waals surface area contributed by atoms with Gasteiger partial charge in [-0.1, -0.05) is 117 Å². The van der Waals surface area contributed by atoms with Crippen LogP contribution >= 0.6 is 0 Å². The molecule has 0 aliphatic rings. The Labute approximate surface area is 323 Å². The summed E-state index contributed by atoms with van der Waals surface area (Å²) in [5, 5.41) is 0. The number of para-hydroxylation sites is 2. The smallest absolute Gasteiger partial charge is 0.371 e. The number of benzene rings is 6. The van der Waals surface area contributed by atoms with Gasteiger partial charge < -0.3 is 23.1 Å². The fraction of sp³-hybridized carbons (Fsp3) is 0.125. The van der Waals surface area contributed by atoms with E-state index in [0.29, 0.717) is 19.8 Å². The van der Waals surface area contributed by atoms with E-state index in [9.17, 15) is 0 Å². The van der Waals surface area contributed by atoms with Crippen molar-refractivity contribution in [3.63, 3.8) is 0 Å². The fourth-order valence-corrected chi connectivity index (χ4v) is 7.89. The van der Waals surface area contributed by atoms with E-state index < -0.39 is 8.80 Å². The Balaban J connectivity index is 0.000000404. The zero-order valence-corrected chi connectivity index (χ0v) is 32.6. The molecule has 0 spiro atoms. The van der Waals surface area contributed by atoms with Crippen LogP contribution in [0.5, 0.6) is 0 Å². The first kappa shape index (κ1) is 39.4. The van der Waals surface area contributed by atoms with Crippen LogP contribution in [0.2, 0.25) is 0 Å². The molecule has 54 heavy (non-hydrogen) atoms. The summed E-state index contributed by atoms with van der Waals surface area (Å²) in [5.41, 5.74) is 12.9. The third kappa shape index (κ3) is 10.0. The van der Waals surface area contributed by atoms with Crippen LogP contribution in [0.3, 0.4) is 0 Å². The molecule has 0 unspecified atom stereocenters. The van der Waals surface area contributed by atoms with Crippen LogP contribution in [0.25, 0.3) is 23.3 Å². The Morgan fingerprint density at radius 3 is 0.944 bits per heavy atom. The van der Waals surface area contributed by atoms with E-state index in [1.807, 2.05) is 45.1 Å². The zero-order chi connectivity index (χ0) is 38.2. The first-order valence-electron chi connectivity index (χ1n) is 18.4. The normalized spacial score (nSPS) is 10.8. The molecule has 6 aromatic carbocycles. The number of hydrogen-bond acceptors (Lipinski definition) is 5. The fourth-order valence-electron chi connectivity index (χ4n) is 6.08. The molecule has 0 saturated carbocycles. The lowest BCUT2D eigenvalue weighted by molar-refractivity contribution is 0.0844. The van der Waals surface area contributed by atoms with E-state index in [-0.39, 0.29) is 0 Å². The van der Waals surface area contributed by atoms with E-state index in [1.54, 1.807) is 5.70 Å². The van der Waals surface area contributed by atoms with Crippen LogP contribution in [0.4, 0.5) is 34.1 Å². The molecule has 6 heteroatoms. The van der Waals surface area contributed by atoms with Crippen molar-refractivity contribution < 1.29 is 13.3 Å². The van der Waals surface area contributed by atoms with Crippen molar-refractivity contribution in [3.8, 4) is 11.1 Å². The largest absolute Gasteiger partial charge is 0.528 e. The van der Waals surface area contributed by atoms with Crippen LogP contribution in [0, 0.1) is 0 Å². The predicted molar refractivity (Wildman–Crippen MR) is 232 cm³/mol. The van der Waals surface area contributed by atoms with Crippen LogP contribution in [0.15, 0.2) is 183 Å². The summed E-state index contributed by atoms with van der Waals surface area (Å²) in [6.45, 7) is 19.0. The van der Waals surface area contributed by atoms with Gasteiger partial charge in [-0.3, -0.25) is 0 Å². The van der Waals surface area contributed by atoms with Crippen molar-refractivity contribution in [2.45, 2.75) is 20.8 Å². The predicted octanol–water partition coefficient (Wildman–Crippen LogP) is 13.3. The second kappa shape index (κ2) is 19.9. The van der Waals surface area contributed by atoms with Crippen LogP contribution < -0.4 is 9.80 Å². The minimum atomic E-state index is -2.51. The van der Waals surface area contributed by atoms with Gasteiger partial charge in [0.1, 0.15) is 0 Å². The Morgan fingerprint density at radius 2 is 0.685 bits per heavy atom. The summed E-state index contributed by atoms with van der Waals surface area (Å²) in [6, 6.07) is 55.4. The number of hydrogen-bond donors (Lipinski definition) is 0. The highest BCUT2D eigenvalue weighted by molar-refractivity contribution is 6.66. The van der Waals surface area contributed by atoms with E-state index in [4.69, 9.17) is 13.3 Å². The zero-order valence-electron chi connectivity index (χ0n) is 31.6. The molecular weight excluding hydrogens is 681 g/mol. The Hall–Kier alpha value is -5.76. The molecule has 274 valence electrons. The number of rotatable bonds is 16. The Bertz CT molecular complexity index is 1880. The molecule has 0 aliphatic heterocycles. The lowest BCUT2D eigenvalue weighted by Gasteiger charge is -2.26. The molecule has 0 saturated heterocycles. The van der Waals surface area contributed by atoms with Crippen molar-refractivity contribution in [2.24, 2.45) is 0 Å². The van der Waals surface area contributed by atoms with Crippen molar-refractivity contribution in [1.82, 2.24) is 0 Å². The van der Waals surface area contributed by atoms with Crippen molar-refractivity contribution in [1.29, 1.82) is 0 Å². The third-order valence-electron chi connectivity index (χ3n) is 8.67. The van der Waals surface area contributed by atoms with Gasteiger partial charge in [0.15, 0.2) is 0 Å². The maximum absolute atomic E-state index is 5.44. The first-order chi connectivity index (χ1) is 26.5. The van der Waals surface area contributed by atoms with Gasteiger partial charge in [0.25, 0.3) is 0 Å². The molecule has 5 nitrogen and oxygen atoms in total. The molecule has 0 aliphatic carbocycles. The second-order valence-corrected chi connectivity index (χ2v) is 14.6. The lowest BCUT2D eigenvalue weighted by Crippen LogP contribution is -2.44. The standard InChI is InChI=1S/C40H32N2.C8H18O3Si/c1-3-31-15-23-37(24-16-31)41(35-11-7-5-8-12-35)39-27-19-33(20-28-39)34-21-29-40(30-22-34)42(36-13-9-6-10-14-36)38-25-17-32(4-2)18-26-38;1-5-9-12(8-4,10-6-2)11-7-3/h3-30H,1-2H2;8H,4-7H2,1-3H3. The van der Waals surface area contributed by atoms with Gasteiger partial charge in [-0.2, -0.15) is 0 Å². The molecule has 0 bridgehead atoms. The van der Waals surface area contributed by atoms with Crippen molar-refractivity contribution in [2.75, 3.05) is 29.6 Å². The topological polar surface area (TPSA) is 34.2 Å². The van der Waals surface area contributed by atoms with Gasteiger partial charge in [0.05, 0.1) is 0 Å². The number of anilines is 6. The number of nitrogens with zero attached hydrogens (tertiary/aromatic N) is 2. The average molecular weight is 731 g/mol. The van der Waals surface area contributed by atoms with Crippen LogP contribution in [-0.2, 0) is 13.3 Å². The summed E-state index contributed by atoms with van der Waals surface area (Å²) >= 11 is 0. The highest BCUT2D eigenvalue weighted by Crippen LogP contribution is 2.38. The molecule has 0 amide bonds.